The van der Waals surface area contributed by atoms with Gasteiger partial charge < -0.3 is 10.6 Å². The molecule has 0 aliphatic carbocycles. The lowest BCUT2D eigenvalue weighted by Gasteiger charge is -2.22. The number of amides is 1. The summed E-state index contributed by atoms with van der Waals surface area (Å²) in [6.07, 6.45) is 5.77. The van der Waals surface area contributed by atoms with Gasteiger partial charge in [0.1, 0.15) is 18.2 Å². The molecule has 0 saturated carbocycles. The van der Waals surface area contributed by atoms with Crippen molar-refractivity contribution >= 4 is 34.3 Å². The molecule has 0 bridgehead atoms. The van der Waals surface area contributed by atoms with Crippen molar-refractivity contribution in [3.63, 3.8) is 0 Å². The Hall–Kier alpha value is -4.66. The molecule has 4 aromatic rings. The van der Waals surface area contributed by atoms with E-state index in [4.69, 9.17) is 10.7 Å². The van der Waals surface area contributed by atoms with Crippen LogP contribution in [0.3, 0.4) is 0 Å². The van der Waals surface area contributed by atoms with Gasteiger partial charge in [-0.2, -0.15) is 5.10 Å². The third kappa shape index (κ3) is 6.00. The van der Waals surface area contributed by atoms with E-state index in [1.807, 2.05) is 62.1 Å². The molecule has 2 aromatic heterocycles. The number of aliphatic imine (C=N–C) groups is 1. The van der Waals surface area contributed by atoms with E-state index in [9.17, 15) is 9.59 Å². The van der Waals surface area contributed by atoms with Crippen molar-refractivity contribution in [1.82, 2.24) is 24.6 Å². The zero-order chi connectivity index (χ0) is 30.0. The van der Waals surface area contributed by atoms with E-state index in [0.717, 1.165) is 57.6 Å². The lowest BCUT2D eigenvalue weighted by molar-refractivity contribution is -0.127. The SMILES string of the molecule is CCCN(CCC)C(=O)C1=Cc2c(C)cc(-c3ccc4c(=O)n(Cc5nc(C)cc(C)n5)ncc4c3)cc2N=C(N)C1. The van der Waals surface area contributed by atoms with Gasteiger partial charge in [0.15, 0.2) is 0 Å². The van der Waals surface area contributed by atoms with Crippen LogP contribution >= 0.6 is 0 Å². The molecule has 0 unspecified atom stereocenters. The van der Waals surface area contributed by atoms with Gasteiger partial charge in [0, 0.05) is 47.4 Å². The zero-order valence-electron chi connectivity index (χ0n) is 24.9. The van der Waals surface area contributed by atoms with Crippen LogP contribution in [0.15, 0.2) is 58.0 Å². The van der Waals surface area contributed by atoms with Crippen LogP contribution < -0.4 is 11.3 Å². The summed E-state index contributed by atoms with van der Waals surface area (Å²) in [4.78, 5) is 42.2. The monoisotopic (exact) mass is 563 g/mol. The van der Waals surface area contributed by atoms with Crippen LogP contribution in [0, 0.1) is 20.8 Å². The maximum atomic E-state index is 13.4. The average Bonchev–Trinajstić information content (AvgIpc) is 3.12. The standard InChI is InChI=1S/C33H37N7O2/c1-6-10-39(11-7-2)32(41)25-15-28-20(3)12-24(16-29(28)38-30(34)17-25)23-8-9-27-26(14-23)18-35-40(33(27)42)19-31-36-21(4)13-22(5)37-31/h8-9,12-16,18H,6-7,10-11,17,19H2,1-5H3,(H2,34,38). The minimum Gasteiger partial charge on any atom is -0.387 e. The molecule has 2 N–H and O–H groups in total. The van der Waals surface area contributed by atoms with Crippen LogP contribution in [0.4, 0.5) is 5.69 Å². The summed E-state index contributed by atoms with van der Waals surface area (Å²) in [5.74, 6) is 0.986. The number of fused-ring (bicyclic) bond motifs is 2. The summed E-state index contributed by atoms with van der Waals surface area (Å²) in [5, 5.41) is 5.73. The predicted octanol–water partition coefficient (Wildman–Crippen LogP) is 5.25. The number of benzene rings is 2. The lowest BCUT2D eigenvalue weighted by atomic mass is 9.95. The first-order chi connectivity index (χ1) is 20.2. The molecule has 1 aliphatic heterocycles. The molecule has 42 heavy (non-hydrogen) atoms. The van der Waals surface area contributed by atoms with Gasteiger partial charge in [-0.3, -0.25) is 9.59 Å². The molecule has 0 radical (unpaired) electrons. The Bertz CT molecular complexity index is 1780. The maximum absolute atomic E-state index is 13.4. The lowest BCUT2D eigenvalue weighted by Crippen LogP contribution is -2.34. The molecule has 2 aromatic carbocycles. The van der Waals surface area contributed by atoms with Crippen molar-refractivity contribution < 1.29 is 4.79 Å². The second kappa shape index (κ2) is 12.1. The Morgan fingerprint density at radius 1 is 0.976 bits per heavy atom. The van der Waals surface area contributed by atoms with Crippen molar-refractivity contribution in [3.8, 4) is 11.1 Å². The molecule has 0 saturated heterocycles. The number of carbonyl (C=O) groups excluding carboxylic acids is 1. The van der Waals surface area contributed by atoms with Gasteiger partial charge >= 0.3 is 0 Å². The van der Waals surface area contributed by atoms with Gasteiger partial charge in [0.05, 0.1) is 17.3 Å². The molecular formula is C33H37N7O2. The molecular weight excluding hydrogens is 526 g/mol. The molecule has 1 amide bonds. The van der Waals surface area contributed by atoms with E-state index in [-0.39, 0.29) is 18.0 Å². The molecule has 9 nitrogen and oxygen atoms in total. The van der Waals surface area contributed by atoms with Crippen molar-refractivity contribution in [3.05, 3.63) is 86.9 Å². The number of aryl methyl sites for hydroxylation is 3. The van der Waals surface area contributed by atoms with Crippen molar-refractivity contribution in [2.24, 2.45) is 10.7 Å². The minimum absolute atomic E-state index is 0.0185. The maximum Gasteiger partial charge on any atom is 0.275 e. The molecule has 0 atom stereocenters. The van der Waals surface area contributed by atoms with Gasteiger partial charge in [-0.05, 0) is 80.6 Å². The summed E-state index contributed by atoms with van der Waals surface area (Å²) in [5.41, 5.74) is 13.0. The third-order valence-corrected chi connectivity index (χ3v) is 7.37. The fourth-order valence-electron chi connectivity index (χ4n) is 5.52. The fraction of sp³-hybridized carbons (Fsp3) is 0.333. The molecule has 9 heteroatoms. The summed E-state index contributed by atoms with van der Waals surface area (Å²) in [6.45, 7) is 11.6. The van der Waals surface area contributed by atoms with Gasteiger partial charge in [-0.25, -0.2) is 19.6 Å². The molecule has 1 aliphatic rings. The highest BCUT2D eigenvalue weighted by molar-refractivity contribution is 6.06. The van der Waals surface area contributed by atoms with E-state index in [1.165, 1.54) is 4.68 Å². The number of aromatic nitrogens is 4. The highest BCUT2D eigenvalue weighted by atomic mass is 16.2. The molecule has 216 valence electrons. The number of rotatable bonds is 8. The van der Waals surface area contributed by atoms with Gasteiger partial charge in [0.25, 0.3) is 5.56 Å². The summed E-state index contributed by atoms with van der Waals surface area (Å²) >= 11 is 0. The molecule has 0 spiro atoms. The molecule has 5 rings (SSSR count). The predicted molar refractivity (Wildman–Crippen MR) is 168 cm³/mol. The van der Waals surface area contributed by atoms with Crippen LogP contribution in [0.25, 0.3) is 28.0 Å². The number of hydrogen-bond donors (Lipinski definition) is 1. The number of nitrogens with two attached hydrogens (primary N) is 1. The second-order valence-electron chi connectivity index (χ2n) is 10.9. The zero-order valence-corrected chi connectivity index (χ0v) is 24.9. The topological polar surface area (TPSA) is 119 Å². The summed E-state index contributed by atoms with van der Waals surface area (Å²) < 4.78 is 1.40. The molecule has 0 fully saturated rings. The largest absolute Gasteiger partial charge is 0.387 e. The normalized spacial score (nSPS) is 12.9. The van der Waals surface area contributed by atoms with E-state index in [0.29, 0.717) is 42.1 Å². The fourth-order valence-corrected chi connectivity index (χ4v) is 5.52. The Morgan fingerprint density at radius 3 is 2.38 bits per heavy atom. The van der Waals surface area contributed by atoms with Crippen molar-refractivity contribution in [2.45, 2.75) is 60.4 Å². The highest BCUT2D eigenvalue weighted by Crippen LogP contribution is 2.35. The number of hydrogen-bond acceptors (Lipinski definition) is 7. The van der Waals surface area contributed by atoms with E-state index in [1.54, 1.807) is 6.20 Å². The first-order valence-corrected chi connectivity index (χ1v) is 14.5. The van der Waals surface area contributed by atoms with Crippen LogP contribution in [0.2, 0.25) is 0 Å². The molecule has 3 heterocycles. The first-order valence-electron chi connectivity index (χ1n) is 14.5. The second-order valence-corrected chi connectivity index (χ2v) is 10.9. The minimum atomic E-state index is -0.195. The van der Waals surface area contributed by atoms with E-state index < -0.39 is 0 Å². The van der Waals surface area contributed by atoms with Crippen LogP contribution in [-0.2, 0) is 11.3 Å². The smallest absolute Gasteiger partial charge is 0.275 e. The quantitative estimate of drug-likeness (QED) is 0.313. The van der Waals surface area contributed by atoms with Crippen LogP contribution in [0.1, 0.15) is 61.4 Å². The van der Waals surface area contributed by atoms with E-state index in [2.05, 4.69) is 35.0 Å². The van der Waals surface area contributed by atoms with Crippen molar-refractivity contribution in [1.29, 1.82) is 0 Å². The van der Waals surface area contributed by atoms with Crippen molar-refractivity contribution in [2.75, 3.05) is 13.1 Å². The average molecular weight is 564 g/mol. The summed E-state index contributed by atoms with van der Waals surface area (Å²) in [6, 6.07) is 11.7. The Balaban J connectivity index is 1.49. The Kier molecular flexibility index (Phi) is 8.29. The Labute approximate surface area is 245 Å². The van der Waals surface area contributed by atoms with E-state index >= 15 is 0 Å². The van der Waals surface area contributed by atoms with Crippen LogP contribution in [-0.4, -0.2) is 49.5 Å². The van der Waals surface area contributed by atoms with Gasteiger partial charge in [-0.1, -0.05) is 26.0 Å². The first kappa shape index (κ1) is 28.9. The Morgan fingerprint density at radius 2 is 1.69 bits per heavy atom. The highest BCUT2D eigenvalue weighted by Gasteiger charge is 2.22. The number of nitrogens with zero attached hydrogens (tertiary/aromatic N) is 6. The number of amidine groups is 1. The number of carbonyl (C=O) groups is 1. The van der Waals surface area contributed by atoms with Crippen LogP contribution in [0.5, 0.6) is 0 Å². The summed E-state index contributed by atoms with van der Waals surface area (Å²) in [7, 11) is 0. The van der Waals surface area contributed by atoms with Gasteiger partial charge in [-0.15, -0.1) is 0 Å². The van der Waals surface area contributed by atoms with Gasteiger partial charge in [0.2, 0.25) is 5.91 Å². The third-order valence-electron chi connectivity index (χ3n) is 7.37.